The minimum absolute atomic E-state index is 0.0653. The van der Waals surface area contributed by atoms with Crippen molar-refractivity contribution in [1.29, 1.82) is 0 Å². The van der Waals surface area contributed by atoms with Gasteiger partial charge in [0.1, 0.15) is 13.2 Å². The van der Waals surface area contributed by atoms with Gasteiger partial charge in [0.2, 0.25) is 0 Å². The molecule has 0 heterocycles. The highest BCUT2D eigenvalue weighted by atomic mass is 16.6. The van der Waals surface area contributed by atoms with Gasteiger partial charge in [-0.1, -0.05) is 247 Å². The van der Waals surface area contributed by atoms with E-state index in [0.29, 0.717) is 19.3 Å². The molecule has 0 bridgehead atoms. The van der Waals surface area contributed by atoms with E-state index in [-0.39, 0.29) is 31.1 Å². The fourth-order valence-corrected chi connectivity index (χ4v) is 7.94. The summed E-state index contributed by atoms with van der Waals surface area (Å²) in [6, 6.07) is 0. The molecule has 6 heteroatoms. The Bertz CT molecular complexity index is 914. The minimum atomic E-state index is -0.763. The van der Waals surface area contributed by atoms with E-state index < -0.39 is 6.10 Å². The summed E-state index contributed by atoms with van der Waals surface area (Å²) in [5, 5.41) is 0. The molecule has 0 radical (unpaired) electrons. The van der Waals surface area contributed by atoms with Crippen molar-refractivity contribution in [1.82, 2.24) is 0 Å². The largest absolute Gasteiger partial charge is 0.462 e. The zero-order chi connectivity index (χ0) is 43.4. The molecule has 0 aliphatic carbocycles. The van der Waals surface area contributed by atoms with Crippen LogP contribution < -0.4 is 0 Å². The number of carbonyl (C=O) groups excluding carboxylic acids is 3. The van der Waals surface area contributed by atoms with Crippen LogP contribution in [0.4, 0.5) is 0 Å². The zero-order valence-corrected chi connectivity index (χ0v) is 40.5. The number of hydrogen-bond acceptors (Lipinski definition) is 6. The van der Waals surface area contributed by atoms with Gasteiger partial charge in [0.05, 0.1) is 0 Å². The van der Waals surface area contributed by atoms with Crippen LogP contribution in [0.5, 0.6) is 0 Å². The summed E-state index contributed by atoms with van der Waals surface area (Å²) in [4.78, 5) is 37.9. The van der Waals surface area contributed by atoms with Gasteiger partial charge in [-0.3, -0.25) is 14.4 Å². The van der Waals surface area contributed by atoms with Gasteiger partial charge in [-0.2, -0.15) is 0 Å². The molecule has 0 aliphatic rings. The van der Waals surface area contributed by atoms with Crippen LogP contribution in [0, 0.1) is 17.8 Å². The Hall–Kier alpha value is -1.59. The van der Waals surface area contributed by atoms with E-state index in [2.05, 4.69) is 41.5 Å². The van der Waals surface area contributed by atoms with E-state index in [9.17, 15) is 14.4 Å². The Morgan fingerprint density at radius 2 is 0.492 bits per heavy atom. The molecule has 6 nitrogen and oxygen atoms in total. The Morgan fingerprint density at radius 3 is 0.729 bits per heavy atom. The first-order valence-corrected chi connectivity index (χ1v) is 26.1. The molecule has 0 saturated heterocycles. The lowest BCUT2D eigenvalue weighted by atomic mass is 10.0. The molecule has 0 aliphatic heterocycles. The number of carbonyl (C=O) groups is 3. The maximum absolute atomic E-state index is 12.8. The Balaban J connectivity index is 4.23. The first kappa shape index (κ1) is 57.4. The molecule has 0 rings (SSSR count). The Morgan fingerprint density at radius 1 is 0.288 bits per heavy atom. The molecule has 0 fully saturated rings. The van der Waals surface area contributed by atoms with Crippen molar-refractivity contribution < 1.29 is 28.6 Å². The van der Waals surface area contributed by atoms with Gasteiger partial charge in [0.15, 0.2) is 6.10 Å². The molecule has 350 valence electrons. The average Bonchev–Trinajstić information content (AvgIpc) is 3.19. The first-order valence-electron chi connectivity index (χ1n) is 26.1. The second-order valence-electron chi connectivity index (χ2n) is 19.6. The molecule has 0 amide bonds. The van der Waals surface area contributed by atoms with Crippen LogP contribution in [0.2, 0.25) is 0 Å². The number of unbranched alkanes of at least 4 members (excludes halogenated alkanes) is 29. The fraction of sp³-hybridized carbons (Fsp3) is 0.943. The first-order chi connectivity index (χ1) is 28.6. The van der Waals surface area contributed by atoms with Crippen molar-refractivity contribution >= 4 is 17.9 Å². The van der Waals surface area contributed by atoms with Gasteiger partial charge in [0.25, 0.3) is 0 Å². The Kier molecular flexibility index (Phi) is 43.3. The second kappa shape index (κ2) is 44.5. The number of hydrogen-bond donors (Lipinski definition) is 0. The lowest BCUT2D eigenvalue weighted by Gasteiger charge is -2.18. The van der Waals surface area contributed by atoms with Crippen LogP contribution in [0.15, 0.2) is 0 Å². The molecule has 0 aromatic carbocycles. The molecular formula is C53H102O6. The third-order valence-electron chi connectivity index (χ3n) is 11.9. The van der Waals surface area contributed by atoms with E-state index >= 15 is 0 Å². The van der Waals surface area contributed by atoms with Gasteiger partial charge < -0.3 is 14.2 Å². The molecule has 0 aromatic heterocycles. The van der Waals surface area contributed by atoms with Gasteiger partial charge in [-0.15, -0.1) is 0 Å². The van der Waals surface area contributed by atoms with Gasteiger partial charge in [0, 0.05) is 19.3 Å². The van der Waals surface area contributed by atoms with E-state index in [0.717, 1.165) is 75.5 Å². The highest BCUT2D eigenvalue weighted by Gasteiger charge is 2.19. The predicted molar refractivity (Wildman–Crippen MR) is 252 cm³/mol. The molecule has 0 aromatic rings. The monoisotopic (exact) mass is 835 g/mol. The number of ether oxygens (including phenoxy) is 3. The number of esters is 3. The van der Waals surface area contributed by atoms with Crippen molar-refractivity contribution in [3.8, 4) is 0 Å². The van der Waals surface area contributed by atoms with Crippen molar-refractivity contribution in [2.75, 3.05) is 13.2 Å². The molecular weight excluding hydrogens is 733 g/mol. The van der Waals surface area contributed by atoms with Crippen LogP contribution in [0.3, 0.4) is 0 Å². The summed E-state index contributed by atoms with van der Waals surface area (Å²) in [5.41, 5.74) is 0. The van der Waals surface area contributed by atoms with Crippen molar-refractivity contribution in [3.63, 3.8) is 0 Å². The SMILES string of the molecule is CC(C)CCCCCCCCCCCCCCCCCCC(=O)OC[C@H](COC(=O)CCCCCCCCC(C)C)OC(=O)CCCCCCCCCCCCC(C)C. The third kappa shape index (κ3) is 47.3. The maximum Gasteiger partial charge on any atom is 0.306 e. The van der Waals surface area contributed by atoms with Crippen LogP contribution in [-0.4, -0.2) is 37.2 Å². The third-order valence-corrected chi connectivity index (χ3v) is 11.9. The van der Waals surface area contributed by atoms with Gasteiger partial charge in [-0.25, -0.2) is 0 Å². The standard InChI is InChI=1S/C53H102O6/c1-47(2)39-33-27-21-17-13-11-9-7-8-10-12-14-19-23-30-36-42-51(54)57-45-50(46-58-52(55)43-37-31-26-25-29-35-41-49(5)6)59-53(56)44-38-32-24-20-16-15-18-22-28-34-40-48(3)4/h47-50H,7-46H2,1-6H3/t50-/m1/s1. The lowest BCUT2D eigenvalue weighted by Crippen LogP contribution is -2.30. The molecule has 0 N–H and O–H groups in total. The predicted octanol–water partition coefficient (Wildman–Crippen LogP) is 16.8. The van der Waals surface area contributed by atoms with Gasteiger partial charge in [-0.05, 0) is 37.0 Å². The van der Waals surface area contributed by atoms with Crippen LogP contribution >= 0.6 is 0 Å². The zero-order valence-electron chi connectivity index (χ0n) is 40.5. The Labute approximate surface area is 368 Å². The van der Waals surface area contributed by atoms with Crippen molar-refractivity contribution in [3.05, 3.63) is 0 Å². The molecule has 59 heavy (non-hydrogen) atoms. The fourth-order valence-electron chi connectivity index (χ4n) is 7.94. The summed E-state index contributed by atoms with van der Waals surface area (Å²) >= 11 is 0. The molecule has 0 spiro atoms. The summed E-state index contributed by atoms with van der Waals surface area (Å²) in [6.07, 6.45) is 44.0. The van der Waals surface area contributed by atoms with E-state index in [4.69, 9.17) is 14.2 Å². The quantitative estimate of drug-likeness (QED) is 0.0345. The van der Waals surface area contributed by atoms with Crippen LogP contribution in [0.1, 0.15) is 286 Å². The van der Waals surface area contributed by atoms with E-state index in [1.165, 1.54) is 167 Å². The number of rotatable bonds is 46. The summed E-state index contributed by atoms with van der Waals surface area (Å²) in [6.45, 7) is 13.7. The van der Waals surface area contributed by atoms with Gasteiger partial charge >= 0.3 is 17.9 Å². The highest BCUT2D eigenvalue weighted by Crippen LogP contribution is 2.18. The average molecular weight is 835 g/mol. The van der Waals surface area contributed by atoms with Crippen LogP contribution in [0.25, 0.3) is 0 Å². The highest BCUT2D eigenvalue weighted by molar-refractivity contribution is 5.71. The molecule has 0 saturated carbocycles. The topological polar surface area (TPSA) is 78.9 Å². The van der Waals surface area contributed by atoms with Crippen LogP contribution in [-0.2, 0) is 28.6 Å². The molecule has 0 unspecified atom stereocenters. The maximum atomic E-state index is 12.8. The summed E-state index contributed by atoms with van der Waals surface area (Å²) in [5.74, 6) is 1.58. The second-order valence-corrected chi connectivity index (χ2v) is 19.6. The molecule has 1 atom stereocenters. The lowest BCUT2D eigenvalue weighted by molar-refractivity contribution is -0.167. The summed E-state index contributed by atoms with van der Waals surface area (Å²) in [7, 11) is 0. The van der Waals surface area contributed by atoms with Crippen molar-refractivity contribution in [2.24, 2.45) is 17.8 Å². The smallest absolute Gasteiger partial charge is 0.306 e. The van der Waals surface area contributed by atoms with E-state index in [1.807, 2.05) is 0 Å². The van der Waals surface area contributed by atoms with Crippen molar-refractivity contribution in [2.45, 2.75) is 292 Å². The van der Waals surface area contributed by atoms with E-state index in [1.54, 1.807) is 0 Å². The summed E-state index contributed by atoms with van der Waals surface area (Å²) < 4.78 is 16.8. The minimum Gasteiger partial charge on any atom is -0.462 e. The normalized spacial score (nSPS) is 12.2.